The van der Waals surface area contributed by atoms with Crippen molar-refractivity contribution in [2.24, 2.45) is 0 Å². The number of benzene rings is 1. The summed E-state index contributed by atoms with van der Waals surface area (Å²) in [6.45, 7) is 0. The molecule has 1 aromatic carbocycles. The van der Waals surface area contributed by atoms with Gasteiger partial charge in [-0.1, -0.05) is 18.2 Å². The first-order valence-corrected chi connectivity index (χ1v) is 6.70. The number of amides is 1. The number of pyridine rings is 1. The van der Waals surface area contributed by atoms with E-state index in [1.807, 2.05) is 6.07 Å². The lowest BCUT2D eigenvalue weighted by atomic mass is 10.1. The Balaban J connectivity index is 2.29. The van der Waals surface area contributed by atoms with Crippen LogP contribution in [0.2, 0.25) is 0 Å². The highest BCUT2D eigenvalue weighted by Gasteiger charge is 2.08. The number of carbonyl (C=O) groups excluding carboxylic acids is 1. The highest BCUT2D eigenvalue weighted by Crippen LogP contribution is 2.13. The van der Waals surface area contributed by atoms with Gasteiger partial charge in [-0.2, -0.15) is 5.26 Å². The number of rotatable bonds is 4. The Labute approximate surface area is 132 Å². The smallest absolute Gasteiger partial charge is 0.354 e. The van der Waals surface area contributed by atoms with Crippen LogP contribution in [-0.4, -0.2) is 29.0 Å². The fraction of sp³-hybridized carbons (Fsp3) is 0.0588. The predicted molar refractivity (Wildman–Crippen MR) is 84.7 cm³/mol. The molecule has 0 aliphatic heterocycles. The zero-order valence-corrected chi connectivity index (χ0v) is 12.3. The van der Waals surface area contributed by atoms with Gasteiger partial charge in [-0.15, -0.1) is 0 Å². The number of nitrogens with zero attached hydrogens (tertiary/aromatic N) is 2. The Bertz CT molecular complexity index is 818. The van der Waals surface area contributed by atoms with Crippen molar-refractivity contribution < 1.29 is 14.7 Å². The molecule has 0 bridgehead atoms. The van der Waals surface area contributed by atoms with E-state index >= 15 is 0 Å². The van der Waals surface area contributed by atoms with E-state index < -0.39 is 5.97 Å². The number of hydrogen-bond acceptors (Lipinski definition) is 4. The third-order valence-electron chi connectivity index (χ3n) is 3.10. The molecular formula is C17H13N3O3. The number of nitrogens with one attached hydrogen (secondary N) is 1. The molecule has 2 N–H and O–H groups in total. The van der Waals surface area contributed by atoms with Crippen molar-refractivity contribution in [1.82, 2.24) is 10.3 Å². The minimum absolute atomic E-state index is 0.126. The molecule has 1 amide bonds. The molecule has 2 rings (SSSR count). The van der Waals surface area contributed by atoms with Gasteiger partial charge in [-0.05, 0) is 35.9 Å². The number of aromatic carboxylic acids is 1. The Morgan fingerprint density at radius 3 is 2.43 bits per heavy atom. The first kappa shape index (κ1) is 15.9. The lowest BCUT2D eigenvalue weighted by Crippen LogP contribution is -2.17. The molecule has 0 unspecified atom stereocenters. The second-order valence-electron chi connectivity index (χ2n) is 4.58. The molecule has 0 spiro atoms. The van der Waals surface area contributed by atoms with Crippen LogP contribution in [0.15, 0.2) is 36.4 Å². The third kappa shape index (κ3) is 3.80. The SMILES string of the molecule is CNC(=O)c1ccc(/C=C/c2nc(C(=O)O)ccc2C#N)cc1. The van der Waals surface area contributed by atoms with Crippen LogP contribution in [0.5, 0.6) is 0 Å². The number of aromatic nitrogens is 1. The molecule has 0 radical (unpaired) electrons. The summed E-state index contributed by atoms with van der Waals surface area (Å²) in [7, 11) is 1.56. The van der Waals surface area contributed by atoms with Gasteiger partial charge in [0.2, 0.25) is 0 Å². The molecule has 23 heavy (non-hydrogen) atoms. The minimum Gasteiger partial charge on any atom is -0.477 e. The Kier molecular flexibility index (Phi) is 4.85. The van der Waals surface area contributed by atoms with Crippen molar-refractivity contribution in [3.05, 3.63) is 64.5 Å². The maximum absolute atomic E-state index is 11.5. The van der Waals surface area contributed by atoms with Crippen molar-refractivity contribution in [3.8, 4) is 6.07 Å². The van der Waals surface area contributed by atoms with Crippen LogP contribution in [0.4, 0.5) is 0 Å². The monoisotopic (exact) mass is 307 g/mol. The summed E-state index contributed by atoms with van der Waals surface area (Å²) in [5.74, 6) is -1.33. The van der Waals surface area contributed by atoms with E-state index in [9.17, 15) is 9.59 Å². The van der Waals surface area contributed by atoms with E-state index in [4.69, 9.17) is 10.4 Å². The first-order valence-electron chi connectivity index (χ1n) is 6.70. The summed E-state index contributed by atoms with van der Waals surface area (Å²) < 4.78 is 0. The molecule has 1 aromatic heterocycles. The van der Waals surface area contributed by atoms with Crippen LogP contribution in [0.25, 0.3) is 12.2 Å². The van der Waals surface area contributed by atoms with Crippen molar-refractivity contribution >= 4 is 24.0 Å². The van der Waals surface area contributed by atoms with E-state index in [0.29, 0.717) is 5.56 Å². The highest BCUT2D eigenvalue weighted by molar-refractivity contribution is 5.94. The van der Waals surface area contributed by atoms with E-state index in [1.165, 1.54) is 12.1 Å². The molecule has 114 valence electrons. The number of carbonyl (C=O) groups is 2. The van der Waals surface area contributed by atoms with Gasteiger partial charge < -0.3 is 10.4 Å². The maximum Gasteiger partial charge on any atom is 0.354 e. The zero-order chi connectivity index (χ0) is 16.8. The number of carboxylic acids is 1. The van der Waals surface area contributed by atoms with E-state index in [-0.39, 0.29) is 22.9 Å². The largest absolute Gasteiger partial charge is 0.477 e. The van der Waals surface area contributed by atoms with E-state index in [0.717, 1.165) is 5.56 Å². The van der Waals surface area contributed by atoms with Crippen LogP contribution in [0.3, 0.4) is 0 Å². The molecule has 0 fully saturated rings. The molecule has 0 aliphatic carbocycles. The second kappa shape index (κ2) is 7.00. The maximum atomic E-state index is 11.5. The second-order valence-corrected chi connectivity index (χ2v) is 4.58. The van der Waals surface area contributed by atoms with Crippen molar-refractivity contribution in [3.63, 3.8) is 0 Å². The summed E-state index contributed by atoms with van der Waals surface area (Å²) in [6, 6.07) is 11.5. The zero-order valence-electron chi connectivity index (χ0n) is 12.3. The first-order chi connectivity index (χ1) is 11.0. The van der Waals surface area contributed by atoms with E-state index in [2.05, 4.69) is 10.3 Å². The van der Waals surface area contributed by atoms with Crippen LogP contribution in [-0.2, 0) is 0 Å². The summed E-state index contributed by atoms with van der Waals surface area (Å²) in [4.78, 5) is 26.4. The van der Waals surface area contributed by atoms with Crippen molar-refractivity contribution in [1.29, 1.82) is 5.26 Å². The number of carboxylic acid groups (broad SMARTS) is 1. The Hall–Kier alpha value is -3.46. The van der Waals surface area contributed by atoms with Crippen molar-refractivity contribution in [2.75, 3.05) is 7.05 Å². The quantitative estimate of drug-likeness (QED) is 0.901. The highest BCUT2D eigenvalue weighted by atomic mass is 16.4. The van der Waals surface area contributed by atoms with Gasteiger partial charge in [0.25, 0.3) is 5.91 Å². The van der Waals surface area contributed by atoms with Crippen LogP contribution in [0.1, 0.15) is 37.7 Å². The predicted octanol–water partition coefficient (Wildman–Crippen LogP) is 2.18. The Morgan fingerprint density at radius 2 is 1.87 bits per heavy atom. The average Bonchev–Trinajstić information content (AvgIpc) is 2.59. The summed E-state index contributed by atoms with van der Waals surface area (Å²) >= 11 is 0. The van der Waals surface area contributed by atoms with Gasteiger partial charge in [-0.25, -0.2) is 9.78 Å². The lowest BCUT2D eigenvalue weighted by Gasteiger charge is -2.01. The van der Waals surface area contributed by atoms with Crippen LogP contribution < -0.4 is 5.32 Å². The fourth-order valence-corrected chi connectivity index (χ4v) is 1.88. The van der Waals surface area contributed by atoms with Crippen molar-refractivity contribution in [2.45, 2.75) is 0 Å². The van der Waals surface area contributed by atoms with Crippen LogP contribution >= 0.6 is 0 Å². The van der Waals surface area contributed by atoms with Gasteiger partial charge in [0.05, 0.1) is 11.3 Å². The van der Waals surface area contributed by atoms with Crippen LogP contribution in [0, 0.1) is 11.3 Å². The molecule has 0 aliphatic rings. The fourth-order valence-electron chi connectivity index (χ4n) is 1.88. The Morgan fingerprint density at radius 1 is 1.17 bits per heavy atom. The van der Waals surface area contributed by atoms with Gasteiger partial charge >= 0.3 is 5.97 Å². The topological polar surface area (TPSA) is 103 Å². The molecule has 6 nitrogen and oxygen atoms in total. The summed E-state index contributed by atoms with van der Waals surface area (Å²) in [6.07, 6.45) is 3.27. The average molecular weight is 307 g/mol. The molecular weight excluding hydrogens is 294 g/mol. The molecule has 0 saturated carbocycles. The molecule has 6 heteroatoms. The normalized spacial score (nSPS) is 10.3. The molecule has 2 aromatic rings. The van der Waals surface area contributed by atoms with Gasteiger partial charge in [0, 0.05) is 12.6 Å². The minimum atomic E-state index is -1.15. The summed E-state index contributed by atoms with van der Waals surface area (Å²) in [5.41, 5.74) is 1.77. The van der Waals surface area contributed by atoms with E-state index in [1.54, 1.807) is 43.5 Å². The molecule has 0 atom stereocenters. The number of nitriles is 1. The molecule has 0 saturated heterocycles. The van der Waals surface area contributed by atoms with Gasteiger partial charge in [-0.3, -0.25) is 4.79 Å². The number of hydrogen-bond donors (Lipinski definition) is 2. The lowest BCUT2D eigenvalue weighted by molar-refractivity contribution is 0.0690. The summed E-state index contributed by atoms with van der Waals surface area (Å²) in [5, 5.41) is 20.5. The van der Waals surface area contributed by atoms with Gasteiger partial charge in [0.15, 0.2) is 0 Å². The standard InChI is InChI=1S/C17H13N3O3/c1-19-16(21)12-5-2-11(3-6-12)4-8-14-13(10-18)7-9-15(20-14)17(22)23/h2-9H,1H3,(H,19,21)(H,22,23)/b8-4+. The van der Waals surface area contributed by atoms with Gasteiger partial charge in [0.1, 0.15) is 11.8 Å². The molecule has 1 heterocycles. The third-order valence-corrected chi connectivity index (χ3v) is 3.10.